The van der Waals surface area contributed by atoms with Gasteiger partial charge in [0, 0.05) is 11.8 Å². The van der Waals surface area contributed by atoms with Crippen LogP contribution in [0.3, 0.4) is 0 Å². The topological polar surface area (TPSA) is 95.5 Å². The van der Waals surface area contributed by atoms with Crippen LogP contribution in [0.25, 0.3) is 0 Å². The van der Waals surface area contributed by atoms with Crippen molar-refractivity contribution in [3.05, 3.63) is 95.5 Å². The average Bonchev–Trinajstić information content (AvgIpc) is 2.74. The van der Waals surface area contributed by atoms with Crippen LogP contribution in [0.4, 0.5) is 5.69 Å². The summed E-state index contributed by atoms with van der Waals surface area (Å²) in [5, 5.41) is 2.62. The maximum Gasteiger partial charge on any atom is 0.541 e. The highest BCUT2D eigenvalue weighted by atomic mass is 35.5. The normalized spacial score (nSPS) is 10.9. The number of nitrogens with one attached hydrogen (secondary N) is 1. The van der Waals surface area contributed by atoms with Crippen LogP contribution in [0.2, 0.25) is 10.6 Å². The molecule has 1 aromatic heterocycles. The molecule has 0 fully saturated rings. The Morgan fingerprint density at radius 2 is 1.22 bits per heavy atom. The van der Waals surface area contributed by atoms with Crippen molar-refractivity contribution in [2.75, 3.05) is 5.09 Å². The van der Waals surface area contributed by atoms with Crippen LogP contribution in [0.15, 0.2) is 84.9 Å². The number of benzene rings is 3. The predicted molar refractivity (Wildman–Crippen MR) is 122 cm³/mol. The van der Waals surface area contributed by atoms with Gasteiger partial charge in [0.15, 0.2) is 0 Å². The molecule has 0 spiro atoms. The molecule has 162 valence electrons. The van der Waals surface area contributed by atoms with E-state index in [1.165, 1.54) is 0 Å². The number of aromatic nitrogens is 3. The standard InChI is InChI=1S/C21H15Cl2N4O4P/c22-19-24-20(23)26-21(25-19)29-18-13-7-8-15(14-18)27-32(28,30-16-9-3-1-4-10-16)31-17-11-5-2-6-12-17/h1-14H,(H,27,28). The summed E-state index contributed by atoms with van der Waals surface area (Å²) >= 11 is 11.6. The first-order chi connectivity index (χ1) is 15.5. The molecule has 8 nitrogen and oxygen atoms in total. The largest absolute Gasteiger partial charge is 0.541 e. The fourth-order valence-corrected chi connectivity index (χ4v) is 4.28. The molecule has 0 bridgehead atoms. The van der Waals surface area contributed by atoms with Crippen molar-refractivity contribution in [3.8, 4) is 23.3 Å². The molecule has 0 unspecified atom stereocenters. The molecule has 4 aromatic rings. The molecule has 0 radical (unpaired) electrons. The first-order valence-electron chi connectivity index (χ1n) is 9.20. The van der Waals surface area contributed by atoms with E-state index in [-0.39, 0.29) is 16.6 Å². The molecule has 0 amide bonds. The van der Waals surface area contributed by atoms with E-state index in [1.54, 1.807) is 72.8 Å². The van der Waals surface area contributed by atoms with Gasteiger partial charge in [-0.2, -0.15) is 15.0 Å². The average molecular weight is 489 g/mol. The molecule has 32 heavy (non-hydrogen) atoms. The number of para-hydroxylation sites is 2. The van der Waals surface area contributed by atoms with Crippen LogP contribution in [0, 0.1) is 0 Å². The minimum absolute atomic E-state index is 0.0867. The Bertz CT molecular complexity index is 1180. The van der Waals surface area contributed by atoms with E-state index in [2.05, 4.69) is 20.0 Å². The van der Waals surface area contributed by atoms with Crippen LogP contribution >= 0.6 is 30.9 Å². The third-order valence-electron chi connectivity index (χ3n) is 3.81. The van der Waals surface area contributed by atoms with Gasteiger partial charge in [-0.25, -0.2) is 4.57 Å². The number of ether oxygens (including phenoxy) is 1. The highest BCUT2D eigenvalue weighted by Crippen LogP contribution is 2.48. The van der Waals surface area contributed by atoms with E-state index in [0.717, 1.165) is 0 Å². The summed E-state index contributed by atoms with van der Waals surface area (Å²) in [5.41, 5.74) is 0.406. The summed E-state index contributed by atoms with van der Waals surface area (Å²) < 4.78 is 30.6. The maximum atomic E-state index is 13.6. The molecule has 0 aliphatic carbocycles. The van der Waals surface area contributed by atoms with E-state index in [4.69, 9.17) is 37.0 Å². The second-order valence-corrected chi connectivity index (χ2v) is 8.46. The second kappa shape index (κ2) is 9.87. The van der Waals surface area contributed by atoms with Crippen molar-refractivity contribution < 1.29 is 18.3 Å². The summed E-state index contributed by atoms with van der Waals surface area (Å²) in [6.07, 6.45) is 0. The molecular weight excluding hydrogens is 474 g/mol. The highest BCUT2D eigenvalue weighted by Gasteiger charge is 2.29. The highest BCUT2D eigenvalue weighted by molar-refractivity contribution is 7.56. The van der Waals surface area contributed by atoms with Crippen LogP contribution in [-0.4, -0.2) is 15.0 Å². The lowest BCUT2D eigenvalue weighted by Gasteiger charge is -2.21. The quantitative estimate of drug-likeness (QED) is 0.275. The minimum Gasteiger partial charge on any atom is -0.424 e. The molecule has 1 N–H and O–H groups in total. The minimum atomic E-state index is -3.89. The van der Waals surface area contributed by atoms with Crippen LogP contribution < -0.4 is 18.9 Å². The number of halogens is 2. The van der Waals surface area contributed by atoms with E-state index < -0.39 is 7.75 Å². The maximum absolute atomic E-state index is 13.6. The number of nitrogens with zero attached hydrogens (tertiary/aromatic N) is 3. The van der Waals surface area contributed by atoms with Crippen molar-refractivity contribution in [2.45, 2.75) is 0 Å². The Hall–Kier alpha value is -3.32. The Morgan fingerprint density at radius 3 is 1.78 bits per heavy atom. The molecule has 0 aliphatic rings. The van der Waals surface area contributed by atoms with Crippen molar-refractivity contribution in [3.63, 3.8) is 0 Å². The lowest BCUT2D eigenvalue weighted by Crippen LogP contribution is -2.10. The molecule has 1 heterocycles. The first kappa shape index (κ1) is 21.9. The summed E-state index contributed by atoms with van der Waals surface area (Å²) in [4.78, 5) is 11.4. The summed E-state index contributed by atoms with van der Waals surface area (Å²) in [6, 6.07) is 23.9. The summed E-state index contributed by atoms with van der Waals surface area (Å²) in [7, 11) is -3.89. The Labute approximate surface area is 193 Å². The number of anilines is 1. The first-order valence-corrected chi connectivity index (χ1v) is 11.5. The zero-order valence-electron chi connectivity index (χ0n) is 16.3. The second-order valence-electron chi connectivity index (χ2n) is 6.20. The van der Waals surface area contributed by atoms with Gasteiger partial charge < -0.3 is 13.8 Å². The van der Waals surface area contributed by atoms with Gasteiger partial charge >= 0.3 is 13.8 Å². The van der Waals surface area contributed by atoms with E-state index in [0.29, 0.717) is 22.9 Å². The van der Waals surface area contributed by atoms with Gasteiger partial charge in [0.2, 0.25) is 10.6 Å². The molecule has 3 aromatic carbocycles. The van der Waals surface area contributed by atoms with Crippen molar-refractivity contribution >= 4 is 36.6 Å². The fourth-order valence-electron chi connectivity index (χ4n) is 2.55. The van der Waals surface area contributed by atoms with Crippen molar-refractivity contribution in [2.24, 2.45) is 0 Å². The van der Waals surface area contributed by atoms with E-state index in [9.17, 15) is 4.57 Å². The van der Waals surface area contributed by atoms with Gasteiger partial charge in [0.05, 0.1) is 0 Å². The number of hydrogen-bond donors (Lipinski definition) is 1. The zero-order chi connectivity index (χ0) is 22.4. The molecule has 0 saturated carbocycles. The summed E-state index contributed by atoms with van der Waals surface area (Å²) in [6.45, 7) is 0. The third-order valence-corrected chi connectivity index (χ3v) is 5.58. The van der Waals surface area contributed by atoms with Crippen LogP contribution in [0.1, 0.15) is 0 Å². The third kappa shape index (κ3) is 6.11. The Balaban J connectivity index is 1.58. The fraction of sp³-hybridized carbons (Fsp3) is 0. The predicted octanol–water partition coefficient (Wildman–Crippen LogP) is 6.65. The van der Waals surface area contributed by atoms with Gasteiger partial charge in [-0.15, -0.1) is 0 Å². The monoisotopic (exact) mass is 488 g/mol. The smallest absolute Gasteiger partial charge is 0.424 e. The lowest BCUT2D eigenvalue weighted by molar-refractivity contribution is 0.393. The molecule has 0 atom stereocenters. The summed E-state index contributed by atoms with van der Waals surface area (Å²) in [5.74, 6) is 1.08. The van der Waals surface area contributed by atoms with Gasteiger partial charge in [-0.1, -0.05) is 42.5 Å². The lowest BCUT2D eigenvalue weighted by atomic mass is 10.3. The van der Waals surface area contributed by atoms with Crippen molar-refractivity contribution in [1.82, 2.24) is 15.0 Å². The molecule has 0 aliphatic heterocycles. The number of hydrogen-bond acceptors (Lipinski definition) is 7. The van der Waals surface area contributed by atoms with Gasteiger partial charge in [0.25, 0.3) is 0 Å². The SMILES string of the molecule is O=P(Nc1cccc(Oc2nc(Cl)nc(Cl)n2)c1)(Oc1ccccc1)Oc1ccccc1. The molecular formula is C21H15Cl2N4O4P. The Morgan fingerprint density at radius 1 is 0.688 bits per heavy atom. The van der Waals surface area contributed by atoms with Crippen LogP contribution in [0.5, 0.6) is 23.3 Å². The van der Waals surface area contributed by atoms with Gasteiger partial charge in [0.1, 0.15) is 17.2 Å². The molecule has 0 saturated heterocycles. The number of rotatable bonds is 8. The van der Waals surface area contributed by atoms with E-state index >= 15 is 0 Å². The van der Waals surface area contributed by atoms with Gasteiger partial charge in [-0.05, 0) is 59.6 Å². The molecule has 4 rings (SSSR count). The molecule has 11 heteroatoms. The zero-order valence-corrected chi connectivity index (χ0v) is 18.7. The Kier molecular flexibility index (Phi) is 6.75. The van der Waals surface area contributed by atoms with Crippen molar-refractivity contribution in [1.29, 1.82) is 0 Å². The van der Waals surface area contributed by atoms with Gasteiger partial charge in [-0.3, -0.25) is 5.09 Å². The van der Waals surface area contributed by atoms with Crippen LogP contribution in [-0.2, 0) is 4.57 Å². The van der Waals surface area contributed by atoms with E-state index in [1.807, 2.05) is 12.1 Å².